The molecule has 1 aliphatic heterocycles. The summed E-state index contributed by atoms with van der Waals surface area (Å²) in [5, 5.41) is 3.26. The van der Waals surface area contributed by atoms with E-state index >= 15 is 0 Å². The molecule has 0 bridgehead atoms. The third-order valence-corrected chi connectivity index (χ3v) is 5.14. The molecule has 0 aliphatic carbocycles. The van der Waals surface area contributed by atoms with E-state index in [1.165, 1.54) is 0 Å². The van der Waals surface area contributed by atoms with Crippen molar-refractivity contribution in [1.29, 1.82) is 0 Å². The predicted octanol–water partition coefficient (Wildman–Crippen LogP) is 2.54. The van der Waals surface area contributed by atoms with E-state index in [2.05, 4.69) is 27.9 Å². The largest absolute Gasteiger partial charge is 0.359 e. The van der Waals surface area contributed by atoms with Crippen molar-refractivity contribution < 1.29 is 9.59 Å². The molecule has 20 heavy (non-hydrogen) atoms. The van der Waals surface area contributed by atoms with Crippen LogP contribution in [0.4, 0.5) is 0 Å². The molecule has 0 atom stereocenters. The molecule has 1 saturated heterocycles. The maximum atomic E-state index is 12.4. The molecule has 1 fully saturated rings. The summed E-state index contributed by atoms with van der Waals surface area (Å²) in [7, 11) is 1.65. The van der Waals surface area contributed by atoms with Crippen molar-refractivity contribution in [3.05, 3.63) is 32.4 Å². The van der Waals surface area contributed by atoms with Gasteiger partial charge in [-0.05, 0) is 53.6 Å². The Bertz CT molecular complexity index is 528. The van der Waals surface area contributed by atoms with Gasteiger partial charge in [-0.3, -0.25) is 9.59 Å². The lowest BCUT2D eigenvalue weighted by Crippen LogP contribution is -2.42. The molecule has 0 radical (unpaired) electrons. The highest BCUT2D eigenvalue weighted by Crippen LogP contribution is 2.23. The summed E-state index contributed by atoms with van der Waals surface area (Å²) in [5.41, 5.74) is 0.605. The van der Waals surface area contributed by atoms with Crippen molar-refractivity contribution in [2.75, 3.05) is 20.1 Å². The van der Waals surface area contributed by atoms with Gasteiger partial charge in [0.25, 0.3) is 5.91 Å². The molecule has 6 heteroatoms. The lowest BCUT2D eigenvalue weighted by atomic mass is 9.95. The normalized spacial score (nSPS) is 16.1. The maximum absolute atomic E-state index is 12.4. The second kappa shape index (κ2) is 6.76. The molecule has 2 amide bonds. The van der Waals surface area contributed by atoms with Crippen LogP contribution in [0.2, 0.25) is 5.02 Å². The Kier molecular flexibility index (Phi) is 5.26. The highest BCUT2D eigenvalue weighted by atomic mass is 127. The number of hydrogen-bond donors (Lipinski definition) is 1. The van der Waals surface area contributed by atoms with Crippen molar-refractivity contribution >= 4 is 46.0 Å². The second-order valence-electron chi connectivity index (χ2n) is 4.81. The first-order valence-electron chi connectivity index (χ1n) is 6.49. The molecule has 0 spiro atoms. The minimum absolute atomic E-state index is 0.0151. The zero-order valence-electron chi connectivity index (χ0n) is 11.2. The minimum Gasteiger partial charge on any atom is -0.359 e. The highest BCUT2D eigenvalue weighted by molar-refractivity contribution is 14.1. The summed E-state index contributed by atoms with van der Waals surface area (Å²) in [4.78, 5) is 25.7. The monoisotopic (exact) mass is 406 g/mol. The van der Waals surface area contributed by atoms with E-state index in [9.17, 15) is 9.59 Å². The Labute approximate surface area is 137 Å². The SMILES string of the molecule is CNC(=O)C1CCN(C(=O)c2ccc(I)c(Cl)c2)CC1. The number of benzene rings is 1. The van der Waals surface area contributed by atoms with Gasteiger partial charge in [-0.15, -0.1) is 0 Å². The number of amides is 2. The number of carbonyl (C=O) groups is 2. The molecule has 0 saturated carbocycles. The fourth-order valence-electron chi connectivity index (χ4n) is 2.36. The summed E-state index contributed by atoms with van der Waals surface area (Å²) >= 11 is 8.18. The van der Waals surface area contributed by atoms with Gasteiger partial charge in [0.1, 0.15) is 0 Å². The minimum atomic E-state index is -0.0151. The number of piperidine rings is 1. The van der Waals surface area contributed by atoms with Crippen LogP contribution in [0, 0.1) is 9.49 Å². The van der Waals surface area contributed by atoms with Crippen molar-refractivity contribution in [1.82, 2.24) is 10.2 Å². The Morgan fingerprint density at radius 3 is 2.55 bits per heavy atom. The van der Waals surface area contributed by atoms with Crippen LogP contribution in [0.3, 0.4) is 0 Å². The van der Waals surface area contributed by atoms with E-state index in [-0.39, 0.29) is 17.7 Å². The number of carbonyl (C=O) groups excluding carboxylic acids is 2. The summed E-state index contributed by atoms with van der Waals surface area (Å²) in [6.07, 6.45) is 1.42. The number of nitrogens with zero attached hydrogens (tertiary/aromatic N) is 1. The number of rotatable bonds is 2. The van der Waals surface area contributed by atoms with Crippen molar-refractivity contribution in [3.63, 3.8) is 0 Å². The van der Waals surface area contributed by atoms with E-state index in [4.69, 9.17) is 11.6 Å². The molecule has 108 valence electrons. The van der Waals surface area contributed by atoms with Gasteiger partial charge in [0.15, 0.2) is 0 Å². The van der Waals surface area contributed by atoms with Crippen LogP contribution < -0.4 is 5.32 Å². The zero-order chi connectivity index (χ0) is 14.7. The Balaban J connectivity index is 2.01. The Morgan fingerprint density at radius 2 is 2.00 bits per heavy atom. The number of hydrogen-bond acceptors (Lipinski definition) is 2. The third kappa shape index (κ3) is 3.44. The first kappa shape index (κ1) is 15.6. The predicted molar refractivity (Wildman–Crippen MR) is 86.9 cm³/mol. The Morgan fingerprint density at radius 1 is 1.35 bits per heavy atom. The van der Waals surface area contributed by atoms with Gasteiger partial charge < -0.3 is 10.2 Å². The molecule has 1 heterocycles. The van der Waals surface area contributed by atoms with E-state index < -0.39 is 0 Å². The number of halogens is 2. The number of likely N-dealkylation sites (tertiary alicyclic amines) is 1. The van der Waals surface area contributed by atoms with E-state index in [0.29, 0.717) is 36.5 Å². The fraction of sp³-hybridized carbons (Fsp3) is 0.429. The molecule has 4 nitrogen and oxygen atoms in total. The zero-order valence-corrected chi connectivity index (χ0v) is 14.1. The van der Waals surface area contributed by atoms with Gasteiger partial charge in [-0.2, -0.15) is 0 Å². The van der Waals surface area contributed by atoms with Gasteiger partial charge in [0.2, 0.25) is 5.91 Å². The van der Waals surface area contributed by atoms with Crippen LogP contribution in [-0.2, 0) is 4.79 Å². The van der Waals surface area contributed by atoms with Crippen LogP contribution in [0.5, 0.6) is 0 Å². The van der Waals surface area contributed by atoms with Crippen molar-refractivity contribution in [2.24, 2.45) is 5.92 Å². The molecular formula is C14H16ClIN2O2. The van der Waals surface area contributed by atoms with E-state index in [1.807, 2.05) is 6.07 Å². The maximum Gasteiger partial charge on any atom is 0.253 e. The van der Waals surface area contributed by atoms with Crippen LogP contribution in [-0.4, -0.2) is 36.9 Å². The standard InChI is InChI=1S/C14H16ClIN2O2/c1-17-13(19)9-4-6-18(7-5-9)14(20)10-2-3-12(16)11(15)8-10/h2-3,8-9H,4-7H2,1H3,(H,17,19). The van der Waals surface area contributed by atoms with Gasteiger partial charge in [-0.25, -0.2) is 0 Å². The summed E-state index contributed by atoms with van der Waals surface area (Å²) < 4.78 is 0.930. The van der Waals surface area contributed by atoms with Crippen LogP contribution in [0.25, 0.3) is 0 Å². The lowest BCUT2D eigenvalue weighted by Gasteiger charge is -2.31. The molecular weight excluding hydrogens is 391 g/mol. The second-order valence-corrected chi connectivity index (χ2v) is 6.38. The lowest BCUT2D eigenvalue weighted by molar-refractivity contribution is -0.125. The molecule has 1 aromatic rings. The molecule has 0 aromatic heterocycles. The molecule has 2 rings (SSSR count). The van der Waals surface area contributed by atoms with E-state index in [1.54, 1.807) is 24.1 Å². The molecule has 1 aliphatic rings. The highest BCUT2D eigenvalue weighted by Gasteiger charge is 2.27. The average molecular weight is 407 g/mol. The van der Waals surface area contributed by atoms with Gasteiger partial charge in [0.05, 0.1) is 5.02 Å². The quantitative estimate of drug-likeness (QED) is 0.768. The van der Waals surface area contributed by atoms with Crippen LogP contribution >= 0.6 is 34.2 Å². The van der Waals surface area contributed by atoms with Crippen LogP contribution in [0.15, 0.2) is 18.2 Å². The van der Waals surface area contributed by atoms with Gasteiger partial charge in [-0.1, -0.05) is 11.6 Å². The first-order valence-corrected chi connectivity index (χ1v) is 7.94. The average Bonchev–Trinajstić information content (AvgIpc) is 2.48. The Hall–Kier alpha value is -0.820. The summed E-state index contributed by atoms with van der Waals surface area (Å²) in [6.45, 7) is 1.22. The van der Waals surface area contributed by atoms with Gasteiger partial charge in [0, 0.05) is 35.2 Å². The smallest absolute Gasteiger partial charge is 0.253 e. The number of nitrogens with one attached hydrogen (secondary N) is 1. The van der Waals surface area contributed by atoms with Crippen LogP contribution in [0.1, 0.15) is 23.2 Å². The molecule has 0 unspecified atom stereocenters. The fourth-order valence-corrected chi connectivity index (χ4v) is 2.88. The van der Waals surface area contributed by atoms with Crippen molar-refractivity contribution in [2.45, 2.75) is 12.8 Å². The van der Waals surface area contributed by atoms with E-state index in [0.717, 1.165) is 3.57 Å². The topological polar surface area (TPSA) is 49.4 Å². The van der Waals surface area contributed by atoms with Gasteiger partial charge >= 0.3 is 0 Å². The molecule has 1 aromatic carbocycles. The van der Waals surface area contributed by atoms with Crippen molar-refractivity contribution in [3.8, 4) is 0 Å². The first-order chi connectivity index (χ1) is 9.52. The molecule has 1 N–H and O–H groups in total. The summed E-state index contributed by atoms with van der Waals surface area (Å²) in [6, 6.07) is 5.34. The summed E-state index contributed by atoms with van der Waals surface area (Å²) in [5.74, 6) is 0.0671. The third-order valence-electron chi connectivity index (χ3n) is 3.57.